The van der Waals surface area contributed by atoms with Crippen molar-refractivity contribution in [3.63, 3.8) is 0 Å². The first kappa shape index (κ1) is 28.5. The molecule has 0 unspecified atom stereocenters. The first-order chi connectivity index (χ1) is 20.7. The van der Waals surface area contributed by atoms with Gasteiger partial charge in [0.25, 0.3) is 11.8 Å². The molecule has 0 saturated carbocycles. The molecule has 0 saturated heterocycles. The van der Waals surface area contributed by atoms with Crippen LogP contribution in [0.5, 0.6) is 11.5 Å². The monoisotopic (exact) mass is 575 g/mol. The molecule has 2 amide bonds. The van der Waals surface area contributed by atoms with Gasteiger partial charge in [0.2, 0.25) is 0 Å². The van der Waals surface area contributed by atoms with E-state index in [2.05, 4.69) is 0 Å². The molecule has 11 nitrogen and oxygen atoms in total. The quantitative estimate of drug-likeness (QED) is 0.120. The third kappa shape index (κ3) is 5.49. The molecular weight excluding hydrogens is 550 g/mol. The average molecular weight is 576 g/mol. The van der Waals surface area contributed by atoms with E-state index in [0.717, 1.165) is 4.90 Å². The number of methoxy groups -OCH3 is 2. The van der Waals surface area contributed by atoms with Crippen molar-refractivity contribution >= 4 is 23.6 Å². The molecule has 0 bridgehead atoms. The van der Waals surface area contributed by atoms with Crippen molar-refractivity contribution in [2.24, 2.45) is 0 Å². The largest absolute Gasteiger partial charge is 0.497 e. The number of carbonyl (C=O) groups is 2. The Hall–Kier alpha value is -6.02. The van der Waals surface area contributed by atoms with Gasteiger partial charge in [-0.1, -0.05) is 30.3 Å². The number of hydrogen-bond acceptors (Lipinski definition) is 8. The number of nitrogens with zero attached hydrogens (tertiary/aromatic N) is 5. The van der Waals surface area contributed by atoms with E-state index in [0.29, 0.717) is 33.8 Å². The van der Waals surface area contributed by atoms with Crippen molar-refractivity contribution in [1.29, 1.82) is 5.26 Å². The molecule has 4 aromatic rings. The van der Waals surface area contributed by atoms with E-state index in [1.807, 2.05) is 36.4 Å². The number of nitriles is 1. The highest BCUT2D eigenvalue weighted by Crippen LogP contribution is 2.35. The van der Waals surface area contributed by atoms with E-state index in [-0.39, 0.29) is 34.7 Å². The second-order valence-electron chi connectivity index (χ2n) is 9.57. The molecule has 0 aliphatic carbocycles. The van der Waals surface area contributed by atoms with Crippen molar-refractivity contribution in [3.05, 3.63) is 117 Å². The molecule has 0 atom stereocenters. The molecular formula is C32H25N5O6. The second-order valence-corrected chi connectivity index (χ2v) is 9.57. The Morgan fingerprint density at radius 3 is 2.35 bits per heavy atom. The van der Waals surface area contributed by atoms with Crippen LogP contribution in [0, 0.1) is 21.4 Å². The molecule has 1 aliphatic rings. The van der Waals surface area contributed by atoms with Crippen LogP contribution in [0.2, 0.25) is 0 Å². The number of para-hydroxylation sites is 1. The number of amides is 2. The summed E-state index contributed by atoms with van der Waals surface area (Å²) >= 11 is 0. The van der Waals surface area contributed by atoms with Crippen LogP contribution in [0.25, 0.3) is 23.0 Å². The molecule has 3 aromatic carbocycles. The lowest BCUT2D eigenvalue weighted by atomic mass is 9.93. The van der Waals surface area contributed by atoms with Gasteiger partial charge in [0.1, 0.15) is 23.1 Å². The Bertz CT molecular complexity index is 1850. The Balaban J connectivity index is 1.66. The van der Waals surface area contributed by atoms with E-state index in [1.165, 1.54) is 26.4 Å². The van der Waals surface area contributed by atoms with Gasteiger partial charge in [-0.15, -0.1) is 0 Å². The van der Waals surface area contributed by atoms with Gasteiger partial charge < -0.3 is 9.47 Å². The molecule has 11 heteroatoms. The zero-order valence-electron chi connectivity index (χ0n) is 23.5. The first-order valence-corrected chi connectivity index (χ1v) is 13.1. The molecule has 1 aromatic heterocycles. The molecule has 43 heavy (non-hydrogen) atoms. The number of imide groups is 1. The highest BCUT2D eigenvalue weighted by Gasteiger charge is 2.36. The molecule has 0 radical (unpaired) electrons. The van der Waals surface area contributed by atoms with Gasteiger partial charge in [-0.3, -0.25) is 24.6 Å². The zero-order chi connectivity index (χ0) is 30.7. The van der Waals surface area contributed by atoms with Crippen LogP contribution in [0.15, 0.2) is 95.7 Å². The Kier molecular flexibility index (Phi) is 7.85. The molecule has 214 valence electrons. The lowest BCUT2D eigenvalue weighted by Crippen LogP contribution is -2.42. The molecule has 1 aliphatic heterocycles. The summed E-state index contributed by atoms with van der Waals surface area (Å²) in [6.07, 6.45) is 3.24. The molecule has 0 N–H and O–H groups in total. The van der Waals surface area contributed by atoms with Gasteiger partial charge in [0.15, 0.2) is 5.75 Å². The summed E-state index contributed by atoms with van der Waals surface area (Å²) in [5.74, 6) is -0.570. The van der Waals surface area contributed by atoms with Gasteiger partial charge in [-0.05, 0) is 60.5 Å². The summed E-state index contributed by atoms with van der Waals surface area (Å²) in [5, 5.41) is 26.3. The van der Waals surface area contributed by atoms with E-state index in [9.17, 15) is 25.0 Å². The lowest BCUT2D eigenvalue weighted by Gasteiger charge is -2.27. The summed E-state index contributed by atoms with van der Waals surface area (Å²) in [6, 6.07) is 22.5. The van der Waals surface area contributed by atoms with Crippen molar-refractivity contribution < 1.29 is 24.0 Å². The van der Waals surface area contributed by atoms with E-state index in [1.54, 1.807) is 54.2 Å². The standard InChI is InChI=1S/C32H25N5O6/c1-20-26(31(38)35(32(39)27(20)17-33)18-21-9-12-25(42-2)13-10-21)15-23-19-36(24-7-5-4-6-8-24)34-30(23)22-11-14-29(43-3)28(16-22)37(40)41/h4-16,19H,18H2,1-3H3/b26-15+. The fourth-order valence-electron chi connectivity index (χ4n) is 4.75. The number of aromatic nitrogens is 2. The fourth-order valence-corrected chi connectivity index (χ4v) is 4.75. The molecule has 2 heterocycles. The number of nitro benzene ring substituents is 1. The van der Waals surface area contributed by atoms with Crippen LogP contribution < -0.4 is 9.47 Å². The van der Waals surface area contributed by atoms with Gasteiger partial charge >= 0.3 is 5.69 Å². The Labute approximate surface area is 246 Å². The maximum Gasteiger partial charge on any atom is 0.311 e. The minimum atomic E-state index is -0.691. The lowest BCUT2D eigenvalue weighted by molar-refractivity contribution is -0.385. The maximum absolute atomic E-state index is 13.8. The number of benzene rings is 3. The average Bonchev–Trinajstić information content (AvgIpc) is 3.46. The minimum Gasteiger partial charge on any atom is -0.497 e. The number of nitro groups is 1. The van der Waals surface area contributed by atoms with Crippen LogP contribution in [-0.4, -0.2) is 45.6 Å². The summed E-state index contributed by atoms with van der Waals surface area (Å²) in [5.41, 5.74) is 2.53. The van der Waals surface area contributed by atoms with Crippen LogP contribution in [0.3, 0.4) is 0 Å². The number of ether oxygens (including phenoxy) is 2. The van der Waals surface area contributed by atoms with Crippen LogP contribution >= 0.6 is 0 Å². The zero-order valence-corrected chi connectivity index (χ0v) is 23.5. The predicted octanol–water partition coefficient (Wildman–Crippen LogP) is 5.26. The summed E-state index contributed by atoms with van der Waals surface area (Å²) in [4.78, 5) is 39.3. The fraction of sp³-hybridized carbons (Fsp3) is 0.125. The van der Waals surface area contributed by atoms with Crippen molar-refractivity contribution in [3.8, 4) is 34.5 Å². The number of carbonyl (C=O) groups excluding carboxylic acids is 2. The molecule has 5 rings (SSSR count). The molecule has 0 fully saturated rings. The summed E-state index contributed by atoms with van der Waals surface area (Å²) in [6.45, 7) is 1.49. The topological polar surface area (TPSA) is 141 Å². The SMILES string of the molecule is COc1ccc(CN2C(=O)C(C#N)=C(C)/C(=C\c3cn(-c4ccccc4)nc3-c3ccc(OC)c([N+](=O)[O-])c3)C2=O)cc1. The van der Waals surface area contributed by atoms with Crippen LogP contribution in [0.1, 0.15) is 18.1 Å². The number of rotatable bonds is 8. The second kappa shape index (κ2) is 11.8. The summed E-state index contributed by atoms with van der Waals surface area (Å²) in [7, 11) is 2.88. The van der Waals surface area contributed by atoms with E-state index < -0.39 is 16.7 Å². The van der Waals surface area contributed by atoms with Crippen molar-refractivity contribution in [2.45, 2.75) is 13.5 Å². The number of hydrogen-bond donors (Lipinski definition) is 0. The highest BCUT2D eigenvalue weighted by atomic mass is 16.6. The van der Waals surface area contributed by atoms with Crippen molar-refractivity contribution in [2.75, 3.05) is 14.2 Å². The van der Waals surface area contributed by atoms with E-state index >= 15 is 0 Å². The maximum atomic E-state index is 13.8. The predicted molar refractivity (Wildman–Crippen MR) is 157 cm³/mol. The van der Waals surface area contributed by atoms with Gasteiger partial charge in [0, 0.05) is 29.0 Å². The van der Waals surface area contributed by atoms with Crippen molar-refractivity contribution in [1.82, 2.24) is 14.7 Å². The normalized spacial score (nSPS) is 14.2. The smallest absolute Gasteiger partial charge is 0.311 e. The van der Waals surface area contributed by atoms with Crippen LogP contribution in [0.4, 0.5) is 5.69 Å². The van der Waals surface area contributed by atoms with Gasteiger partial charge in [0.05, 0.1) is 31.4 Å². The Morgan fingerprint density at radius 2 is 1.72 bits per heavy atom. The third-order valence-electron chi connectivity index (χ3n) is 7.04. The highest BCUT2D eigenvalue weighted by molar-refractivity contribution is 6.19. The van der Waals surface area contributed by atoms with E-state index in [4.69, 9.17) is 14.6 Å². The Morgan fingerprint density at radius 1 is 1.00 bits per heavy atom. The first-order valence-electron chi connectivity index (χ1n) is 13.1. The molecule has 0 spiro atoms. The van der Waals surface area contributed by atoms with Gasteiger partial charge in [-0.25, -0.2) is 4.68 Å². The minimum absolute atomic E-state index is 0.0573. The van der Waals surface area contributed by atoms with Crippen LogP contribution in [-0.2, 0) is 16.1 Å². The summed E-state index contributed by atoms with van der Waals surface area (Å²) < 4.78 is 11.9. The third-order valence-corrected chi connectivity index (χ3v) is 7.04. The van der Waals surface area contributed by atoms with Gasteiger partial charge in [-0.2, -0.15) is 10.4 Å².